The molecule has 1 aromatic carbocycles. The Morgan fingerprint density at radius 3 is 2.52 bits per heavy atom. The van der Waals surface area contributed by atoms with Gasteiger partial charge in [0.2, 0.25) is 0 Å². The second kappa shape index (κ2) is 6.87. The van der Waals surface area contributed by atoms with Gasteiger partial charge >= 0.3 is 6.18 Å². The van der Waals surface area contributed by atoms with Gasteiger partial charge in [0, 0.05) is 18.3 Å². The van der Waals surface area contributed by atoms with Crippen LogP contribution < -0.4 is 11.1 Å². The highest BCUT2D eigenvalue weighted by molar-refractivity contribution is 5.95. The van der Waals surface area contributed by atoms with E-state index in [1.165, 1.54) is 12.3 Å². The Morgan fingerprint density at radius 1 is 1.32 bits per heavy atom. The number of carbonyl (C=O) groups excluding carboxylic acids is 1. The van der Waals surface area contributed by atoms with Crippen molar-refractivity contribution < 1.29 is 18.0 Å². The van der Waals surface area contributed by atoms with Gasteiger partial charge in [-0.1, -0.05) is 19.9 Å². The van der Waals surface area contributed by atoms with E-state index in [9.17, 15) is 18.0 Å². The third-order valence-corrected chi connectivity index (χ3v) is 4.35. The van der Waals surface area contributed by atoms with Crippen LogP contribution in [0.5, 0.6) is 0 Å². The third-order valence-electron chi connectivity index (χ3n) is 4.35. The standard InChI is InChI=1S/C17H21F3N4O/c1-11(2)16(3,10-21)22-15(25)12-5-4-6-13(9-12)24-8-7-14(23-24)17(18,19)20/h4-9,11H,10,21H2,1-3H3,(H,22,25). The Labute approximate surface area is 144 Å². The van der Waals surface area contributed by atoms with E-state index in [2.05, 4.69) is 10.4 Å². The maximum absolute atomic E-state index is 12.7. The summed E-state index contributed by atoms with van der Waals surface area (Å²) < 4.78 is 39.1. The molecular formula is C17H21F3N4O. The fraction of sp³-hybridized carbons (Fsp3) is 0.412. The maximum atomic E-state index is 12.7. The van der Waals surface area contributed by atoms with Crippen LogP contribution in [0.15, 0.2) is 36.5 Å². The molecule has 1 unspecified atom stereocenters. The molecule has 0 radical (unpaired) electrons. The van der Waals surface area contributed by atoms with E-state index in [0.29, 0.717) is 11.3 Å². The number of hydrogen-bond acceptors (Lipinski definition) is 3. The minimum absolute atomic E-state index is 0.116. The van der Waals surface area contributed by atoms with Gasteiger partial charge in [-0.3, -0.25) is 4.79 Å². The van der Waals surface area contributed by atoms with Gasteiger partial charge in [0.05, 0.1) is 11.2 Å². The number of nitrogens with zero attached hydrogens (tertiary/aromatic N) is 2. The monoisotopic (exact) mass is 354 g/mol. The number of rotatable bonds is 5. The highest BCUT2D eigenvalue weighted by Crippen LogP contribution is 2.28. The first kappa shape index (κ1) is 19.0. The lowest BCUT2D eigenvalue weighted by Gasteiger charge is -2.33. The lowest BCUT2D eigenvalue weighted by atomic mass is 9.88. The molecule has 0 aliphatic carbocycles. The summed E-state index contributed by atoms with van der Waals surface area (Å²) in [6.07, 6.45) is -3.31. The molecule has 136 valence electrons. The molecule has 1 aromatic heterocycles. The lowest BCUT2D eigenvalue weighted by molar-refractivity contribution is -0.141. The van der Waals surface area contributed by atoms with Crippen molar-refractivity contribution in [3.8, 4) is 5.69 Å². The molecule has 2 rings (SSSR count). The Bertz CT molecular complexity index is 754. The SMILES string of the molecule is CC(C)C(C)(CN)NC(=O)c1cccc(-n2ccc(C(F)(F)F)n2)c1. The number of hydrogen-bond donors (Lipinski definition) is 2. The summed E-state index contributed by atoms with van der Waals surface area (Å²) in [5, 5.41) is 6.40. The highest BCUT2D eigenvalue weighted by Gasteiger charge is 2.33. The van der Waals surface area contributed by atoms with Gasteiger partial charge in [-0.2, -0.15) is 18.3 Å². The zero-order valence-electron chi connectivity index (χ0n) is 14.3. The van der Waals surface area contributed by atoms with Crippen molar-refractivity contribution in [1.82, 2.24) is 15.1 Å². The highest BCUT2D eigenvalue weighted by atomic mass is 19.4. The van der Waals surface area contributed by atoms with E-state index in [0.717, 1.165) is 10.7 Å². The van der Waals surface area contributed by atoms with Crippen molar-refractivity contribution in [3.63, 3.8) is 0 Å². The fourth-order valence-corrected chi connectivity index (χ4v) is 2.17. The third kappa shape index (κ3) is 4.19. The second-order valence-electron chi connectivity index (χ2n) is 6.42. The zero-order valence-corrected chi connectivity index (χ0v) is 14.3. The normalized spacial score (nSPS) is 14.4. The van der Waals surface area contributed by atoms with Crippen molar-refractivity contribution in [2.24, 2.45) is 11.7 Å². The number of nitrogens with two attached hydrogens (primary N) is 1. The van der Waals surface area contributed by atoms with Crippen molar-refractivity contribution in [1.29, 1.82) is 0 Å². The molecule has 2 aromatic rings. The first-order valence-electron chi connectivity index (χ1n) is 7.83. The molecule has 1 heterocycles. The molecule has 0 bridgehead atoms. The number of nitrogens with one attached hydrogen (secondary N) is 1. The summed E-state index contributed by atoms with van der Waals surface area (Å²) in [5.41, 5.74) is 4.88. The van der Waals surface area contributed by atoms with Crippen LogP contribution in [0.25, 0.3) is 5.69 Å². The van der Waals surface area contributed by atoms with Crippen LogP contribution in [-0.4, -0.2) is 27.8 Å². The summed E-state index contributed by atoms with van der Waals surface area (Å²) in [6.45, 7) is 6.02. The van der Waals surface area contributed by atoms with Crippen LogP contribution >= 0.6 is 0 Å². The first-order valence-corrected chi connectivity index (χ1v) is 7.83. The predicted molar refractivity (Wildman–Crippen MR) is 88.3 cm³/mol. The number of aromatic nitrogens is 2. The molecule has 1 amide bonds. The number of halogens is 3. The van der Waals surface area contributed by atoms with E-state index in [1.54, 1.807) is 18.2 Å². The fourth-order valence-electron chi connectivity index (χ4n) is 2.17. The van der Waals surface area contributed by atoms with Gasteiger partial charge in [0.25, 0.3) is 5.91 Å². The van der Waals surface area contributed by atoms with Gasteiger partial charge in [-0.25, -0.2) is 4.68 Å². The molecule has 0 spiro atoms. The number of carbonyl (C=O) groups is 1. The molecule has 0 saturated carbocycles. The smallest absolute Gasteiger partial charge is 0.345 e. The van der Waals surface area contributed by atoms with Crippen LogP contribution in [0.1, 0.15) is 36.8 Å². The van der Waals surface area contributed by atoms with Gasteiger partial charge < -0.3 is 11.1 Å². The van der Waals surface area contributed by atoms with Crippen molar-refractivity contribution in [2.45, 2.75) is 32.5 Å². The van der Waals surface area contributed by atoms with Crippen LogP contribution in [0, 0.1) is 5.92 Å². The van der Waals surface area contributed by atoms with Crippen molar-refractivity contribution >= 4 is 5.91 Å². The molecule has 8 heteroatoms. The van der Waals surface area contributed by atoms with Gasteiger partial charge in [0.1, 0.15) is 0 Å². The maximum Gasteiger partial charge on any atom is 0.435 e. The van der Waals surface area contributed by atoms with E-state index >= 15 is 0 Å². The van der Waals surface area contributed by atoms with E-state index < -0.39 is 17.4 Å². The quantitative estimate of drug-likeness (QED) is 0.867. The summed E-state index contributed by atoms with van der Waals surface area (Å²) in [5.74, 6) is -0.225. The molecule has 0 aliphatic heterocycles. The topological polar surface area (TPSA) is 72.9 Å². The Balaban J connectivity index is 2.27. The predicted octanol–water partition coefficient (Wildman–Crippen LogP) is 2.99. The van der Waals surface area contributed by atoms with Crippen LogP contribution in [0.2, 0.25) is 0 Å². The largest absolute Gasteiger partial charge is 0.435 e. The summed E-state index contributed by atoms with van der Waals surface area (Å²) in [6, 6.07) is 7.13. The summed E-state index contributed by atoms with van der Waals surface area (Å²) in [4.78, 5) is 12.5. The molecular weight excluding hydrogens is 333 g/mol. The molecule has 1 atom stereocenters. The average molecular weight is 354 g/mol. The Hall–Kier alpha value is -2.35. The molecule has 0 fully saturated rings. The number of benzene rings is 1. The second-order valence-corrected chi connectivity index (χ2v) is 6.42. The molecule has 0 saturated heterocycles. The van der Waals surface area contributed by atoms with Crippen molar-refractivity contribution in [3.05, 3.63) is 47.8 Å². The average Bonchev–Trinajstić information content (AvgIpc) is 3.05. The zero-order chi connectivity index (χ0) is 18.8. The summed E-state index contributed by atoms with van der Waals surface area (Å²) in [7, 11) is 0. The number of amides is 1. The van der Waals surface area contributed by atoms with Crippen LogP contribution in [0.3, 0.4) is 0 Å². The number of alkyl halides is 3. The molecule has 0 aliphatic rings. The van der Waals surface area contributed by atoms with E-state index in [1.807, 2.05) is 20.8 Å². The molecule has 3 N–H and O–H groups in total. The van der Waals surface area contributed by atoms with Gasteiger partial charge in [0.15, 0.2) is 5.69 Å². The van der Waals surface area contributed by atoms with E-state index in [-0.39, 0.29) is 18.4 Å². The molecule has 25 heavy (non-hydrogen) atoms. The van der Waals surface area contributed by atoms with E-state index in [4.69, 9.17) is 5.73 Å². The van der Waals surface area contributed by atoms with Gasteiger partial charge in [-0.05, 0) is 37.1 Å². The Morgan fingerprint density at radius 2 is 2.00 bits per heavy atom. The van der Waals surface area contributed by atoms with Crippen molar-refractivity contribution in [2.75, 3.05) is 6.54 Å². The first-order chi connectivity index (χ1) is 11.6. The molecule has 5 nitrogen and oxygen atoms in total. The lowest BCUT2D eigenvalue weighted by Crippen LogP contribution is -2.55. The van der Waals surface area contributed by atoms with Crippen LogP contribution in [0.4, 0.5) is 13.2 Å². The van der Waals surface area contributed by atoms with Gasteiger partial charge in [-0.15, -0.1) is 0 Å². The Kier molecular flexibility index (Phi) is 5.22. The summed E-state index contributed by atoms with van der Waals surface area (Å²) >= 11 is 0. The minimum atomic E-state index is -4.51. The minimum Gasteiger partial charge on any atom is -0.345 e. The van der Waals surface area contributed by atoms with Crippen LogP contribution in [-0.2, 0) is 6.18 Å².